The number of piperidine rings is 1. The van der Waals surface area contributed by atoms with Crippen molar-refractivity contribution in [3.05, 3.63) is 29.3 Å². The van der Waals surface area contributed by atoms with E-state index in [1.54, 1.807) is 0 Å². The van der Waals surface area contributed by atoms with Gasteiger partial charge in [-0.25, -0.2) is 4.39 Å². The van der Waals surface area contributed by atoms with Gasteiger partial charge in [0, 0.05) is 12.1 Å². The molecule has 1 aromatic rings. The summed E-state index contributed by atoms with van der Waals surface area (Å²) in [5.74, 6) is 1.37. The van der Waals surface area contributed by atoms with Crippen molar-refractivity contribution in [3.8, 4) is 5.75 Å². The molecule has 0 bridgehead atoms. The summed E-state index contributed by atoms with van der Waals surface area (Å²) in [7, 11) is 1.93. The minimum atomic E-state index is -0.458. The molecule has 1 aliphatic heterocycles. The molecule has 0 aliphatic carbocycles. The smallest absolute Gasteiger partial charge is 0.124 e. The second kappa shape index (κ2) is 7.23. The topological polar surface area (TPSA) is 33.3 Å². The zero-order valence-electron chi connectivity index (χ0n) is 13.3. The average molecular weight is 294 g/mol. The van der Waals surface area contributed by atoms with Crippen molar-refractivity contribution in [1.82, 2.24) is 10.6 Å². The van der Waals surface area contributed by atoms with Gasteiger partial charge in [-0.1, -0.05) is 26.0 Å². The fourth-order valence-electron chi connectivity index (χ4n) is 3.28. The van der Waals surface area contributed by atoms with Gasteiger partial charge in [0.2, 0.25) is 0 Å². The molecule has 1 aliphatic rings. The zero-order valence-corrected chi connectivity index (χ0v) is 13.3. The van der Waals surface area contributed by atoms with Crippen molar-refractivity contribution in [2.24, 2.45) is 5.92 Å². The van der Waals surface area contributed by atoms with Crippen LogP contribution in [0.1, 0.15) is 31.4 Å². The van der Waals surface area contributed by atoms with Crippen LogP contribution in [0, 0.1) is 5.92 Å². The number of nitrogens with one attached hydrogen (secondary N) is 2. The van der Waals surface area contributed by atoms with Gasteiger partial charge in [0.05, 0.1) is 0 Å². The number of alkyl halides is 1. The van der Waals surface area contributed by atoms with Crippen molar-refractivity contribution in [1.29, 1.82) is 0 Å². The predicted molar refractivity (Wildman–Crippen MR) is 84.7 cm³/mol. The second-order valence-electron chi connectivity index (χ2n) is 6.12. The Bertz CT molecular complexity index is 466. The van der Waals surface area contributed by atoms with E-state index < -0.39 is 6.67 Å². The summed E-state index contributed by atoms with van der Waals surface area (Å²) in [5, 5.41) is 6.69. The lowest BCUT2D eigenvalue weighted by molar-refractivity contribution is 0.233. The van der Waals surface area contributed by atoms with Crippen molar-refractivity contribution in [2.75, 3.05) is 33.4 Å². The molecule has 0 saturated carbocycles. The third kappa shape index (κ3) is 3.38. The van der Waals surface area contributed by atoms with Gasteiger partial charge in [-0.15, -0.1) is 0 Å². The molecular weight excluding hydrogens is 267 g/mol. The first-order chi connectivity index (χ1) is 10.1. The Morgan fingerprint density at radius 1 is 1.48 bits per heavy atom. The van der Waals surface area contributed by atoms with E-state index in [0.717, 1.165) is 31.8 Å². The van der Waals surface area contributed by atoms with Crippen molar-refractivity contribution in [3.63, 3.8) is 0 Å². The Hall–Kier alpha value is -1.13. The van der Waals surface area contributed by atoms with Crippen LogP contribution in [-0.2, 0) is 12.0 Å². The minimum absolute atomic E-state index is 0.119. The van der Waals surface area contributed by atoms with Crippen LogP contribution in [-0.4, -0.2) is 33.4 Å². The Balaban J connectivity index is 2.41. The first-order valence-corrected chi connectivity index (χ1v) is 7.80. The lowest BCUT2D eigenvalue weighted by atomic mass is 9.67. The van der Waals surface area contributed by atoms with Crippen LogP contribution in [0.5, 0.6) is 5.75 Å². The molecule has 1 aromatic carbocycles. The average Bonchev–Trinajstić information content (AvgIpc) is 2.49. The van der Waals surface area contributed by atoms with Crippen LogP contribution in [0.15, 0.2) is 18.2 Å². The highest BCUT2D eigenvalue weighted by Gasteiger charge is 2.37. The van der Waals surface area contributed by atoms with Gasteiger partial charge >= 0.3 is 0 Å². The van der Waals surface area contributed by atoms with Crippen LogP contribution in [0.4, 0.5) is 4.39 Å². The summed E-state index contributed by atoms with van der Waals surface area (Å²) in [6.07, 6.45) is 1.11. The molecule has 2 atom stereocenters. The summed E-state index contributed by atoms with van der Waals surface area (Å²) in [6.45, 7) is 7.11. The molecule has 3 nitrogen and oxygen atoms in total. The molecule has 1 fully saturated rings. The zero-order chi connectivity index (χ0) is 15.3. The van der Waals surface area contributed by atoms with Gasteiger partial charge in [0.25, 0.3) is 0 Å². The molecule has 1 heterocycles. The second-order valence-corrected chi connectivity index (χ2v) is 6.12. The molecule has 0 spiro atoms. The molecule has 4 heteroatoms. The fourth-order valence-corrected chi connectivity index (χ4v) is 3.28. The molecule has 2 N–H and O–H groups in total. The van der Waals surface area contributed by atoms with E-state index in [4.69, 9.17) is 4.74 Å². The van der Waals surface area contributed by atoms with Crippen molar-refractivity contribution < 1.29 is 9.13 Å². The Kier molecular flexibility index (Phi) is 5.59. The van der Waals surface area contributed by atoms with E-state index in [9.17, 15) is 4.39 Å². The maximum absolute atomic E-state index is 12.4. The highest BCUT2D eigenvalue weighted by atomic mass is 19.1. The highest BCUT2D eigenvalue weighted by molar-refractivity contribution is 5.45. The fraction of sp³-hybridized carbons (Fsp3) is 0.647. The maximum Gasteiger partial charge on any atom is 0.124 e. The quantitative estimate of drug-likeness (QED) is 0.846. The lowest BCUT2D eigenvalue weighted by Gasteiger charge is -2.42. The number of ether oxygens (including phenoxy) is 1. The molecule has 0 aromatic heterocycles. The normalized spacial score (nSPS) is 25.8. The standard InChI is InChI=1S/C17H27FN2O/c1-13-11-20-9-7-17(13,2)15-5-4-6-16(21-10-8-18)14(15)12-19-3/h4-6,13,19-20H,7-12H2,1-3H3. The number of hydrogen-bond acceptors (Lipinski definition) is 3. The van der Waals surface area contributed by atoms with Crippen LogP contribution < -0.4 is 15.4 Å². The molecule has 0 radical (unpaired) electrons. The van der Waals surface area contributed by atoms with Crippen LogP contribution >= 0.6 is 0 Å². The number of hydrogen-bond donors (Lipinski definition) is 2. The summed E-state index contributed by atoms with van der Waals surface area (Å²) in [5.41, 5.74) is 2.64. The van der Waals surface area contributed by atoms with Gasteiger partial charge in [-0.3, -0.25) is 0 Å². The largest absolute Gasteiger partial charge is 0.491 e. The van der Waals surface area contributed by atoms with Gasteiger partial charge in [-0.2, -0.15) is 0 Å². The minimum Gasteiger partial charge on any atom is -0.491 e. The summed E-state index contributed by atoms with van der Waals surface area (Å²) >= 11 is 0. The van der Waals surface area contributed by atoms with E-state index >= 15 is 0 Å². The van der Waals surface area contributed by atoms with E-state index in [0.29, 0.717) is 5.92 Å². The highest BCUT2D eigenvalue weighted by Crippen LogP contribution is 2.41. The molecular formula is C17H27FN2O. The third-order valence-corrected chi connectivity index (χ3v) is 4.80. The van der Waals surface area contributed by atoms with E-state index in [1.807, 2.05) is 19.2 Å². The van der Waals surface area contributed by atoms with Crippen molar-refractivity contribution in [2.45, 2.75) is 32.2 Å². The van der Waals surface area contributed by atoms with E-state index in [-0.39, 0.29) is 12.0 Å². The SMILES string of the molecule is CNCc1c(OCCF)cccc1C1(C)CCNCC1C. The summed E-state index contributed by atoms with van der Waals surface area (Å²) < 4.78 is 18.1. The summed E-state index contributed by atoms with van der Waals surface area (Å²) in [6, 6.07) is 6.18. The molecule has 2 rings (SSSR count). The lowest BCUT2D eigenvalue weighted by Crippen LogP contribution is -2.45. The monoisotopic (exact) mass is 294 g/mol. The van der Waals surface area contributed by atoms with Gasteiger partial charge in [0.1, 0.15) is 19.0 Å². The first-order valence-electron chi connectivity index (χ1n) is 7.80. The molecule has 118 valence electrons. The first kappa shape index (κ1) is 16.2. The van der Waals surface area contributed by atoms with Gasteiger partial charge in [0.15, 0.2) is 0 Å². The molecule has 2 unspecified atom stereocenters. The third-order valence-electron chi connectivity index (χ3n) is 4.80. The van der Waals surface area contributed by atoms with Crippen LogP contribution in [0.3, 0.4) is 0 Å². The van der Waals surface area contributed by atoms with E-state index in [2.05, 4.69) is 30.5 Å². The van der Waals surface area contributed by atoms with Crippen LogP contribution in [0.25, 0.3) is 0 Å². The molecule has 1 saturated heterocycles. The Morgan fingerprint density at radius 2 is 2.29 bits per heavy atom. The Labute approximate surface area is 127 Å². The number of rotatable bonds is 6. The Morgan fingerprint density at radius 3 is 2.95 bits per heavy atom. The van der Waals surface area contributed by atoms with Gasteiger partial charge in [-0.05, 0) is 49.5 Å². The maximum atomic E-state index is 12.4. The number of benzene rings is 1. The van der Waals surface area contributed by atoms with E-state index in [1.165, 1.54) is 11.1 Å². The van der Waals surface area contributed by atoms with Crippen LogP contribution in [0.2, 0.25) is 0 Å². The number of halogens is 1. The molecule has 0 amide bonds. The van der Waals surface area contributed by atoms with Crippen molar-refractivity contribution >= 4 is 0 Å². The van der Waals surface area contributed by atoms with Gasteiger partial charge < -0.3 is 15.4 Å². The predicted octanol–water partition coefficient (Wildman–Crippen LogP) is 2.64. The summed E-state index contributed by atoms with van der Waals surface area (Å²) in [4.78, 5) is 0. The molecule has 21 heavy (non-hydrogen) atoms.